The van der Waals surface area contributed by atoms with E-state index in [1.807, 2.05) is 13.0 Å². The van der Waals surface area contributed by atoms with Gasteiger partial charge in [0.05, 0.1) is 0 Å². The van der Waals surface area contributed by atoms with Crippen molar-refractivity contribution in [2.45, 2.75) is 33.6 Å². The largest absolute Gasteiger partial charge is 0.369 e. The number of anilines is 3. The lowest BCUT2D eigenvalue weighted by atomic mass is 10.0. The Bertz CT molecular complexity index is 645. The molecule has 130 valence electrons. The molecule has 0 unspecified atom stereocenters. The van der Waals surface area contributed by atoms with Crippen LogP contribution in [0, 0.1) is 6.92 Å². The van der Waals surface area contributed by atoms with Gasteiger partial charge in [-0.3, -0.25) is 0 Å². The van der Waals surface area contributed by atoms with Crippen molar-refractivity contribution in [3.8, 4) is 0 Å². The number of para-hydroxylation sites is 1. The quantitative estimate of drug-likeness (QED) is 0.775. The number of rotatable bonds is 8. The van der Waals surface area contributed by atoms with Crippen LogP contribution in [0.2, 0.25) is 0 Å². The third-order valence-electron chi connectivity index (χ3n) is 3.96. The van der Waals surface area contributed by atoms with Crippen LogP contribution in [0.3, 0.4) is 0 Å². The molecule has 0 spiro atoms. The molecule has 0 aliphatic rings. The monoisotopic (exact) mass is 327 g/mol. The number of hydrogen-bond donors (Lipinski definition) is 2. The highest BCUT2D eigenvalue weighted by atomic mass is 15.1. The Morgan fingerprint density at radius 1 is 1.00 bits per heavy atom. The molecule has 5 nitrogen and oxygen atoms in total. The molecule has 5 heteroatoms. The molecule has 0 radical (unpaired) electrons. The van der Waals surface area contributed by atoms with Gasteiger partial charge in [0.2, 0.25) is 0 Å². The van der Waals surface area contributed by atoms with Crippen LogP contribution < -0.4 is 10.6 Å². The molecule has 2 rings (SSSR count). The lowest BCUT2D eigenvalue weighted by molar-refractivity contribution is 0.425. The molecule has 0 aliphatic carbocycles. The summed E-state index contributed by atoms with van der Waals surface area (Å²) in [6.45, 7) is 8.10. The van der Waals surface area contributed by atoms with Gasteiger partial charge in [0, 0.05) is 24.8 Å². The van der Waals surface area contributed by atoms with E-state index >= 15 is 0 Å². The van der Waals surface area contributed by atoms with Gasteiger partial charge in [-0.15, -0.1) is 0 Å². The summed E-state index contributed by atoms with van der Waals surface area (Å²) in [5.74, 6) is 2.46. The molecule has 0 saturated heterocycles. The van der Waals surface area contributed by atoms with Crippen LogP contribution in [-0.4, -0.2) is 42.1 Å². The topological polar surface area (TPSA) is 53.1 Å². The molecule has 0 saturated carbocycles. The van der Waals surface area contributed by atoms with Crippen LogP contribution in [-0.2, 0) is 12.8 Å². The summed E-state index contributed by atoms with van der Waals surface area (Å²) in [6.07, 6.45) is 1.99. The van der Waals surface area contributed by atoms with Gasteiger partial charge in [-0.05, 0) is 45.0 Å². The van der Waals surface area contributed by atoms with Crippen LogP contribution in [0.1, 0.15) is 30.8 Å². The van der Waals surface area contributed by atoms with E-state index in [4.69, 9.17) is 0 Å². The van der Waals surface area contributed by atoms with E-state index in [9.17, 15) is 0 Å². The lowest BCUT2D eigenvalue weighted by Crippen LogP contribution is -2.21. The van der Waals surface area contributed by atoms with E-state index < -0.39 is 0 Å². The van der Waals surface area contributed by atoms with Gasteiger partial charge in [-0.1, -0.05) is 32.0 Å². The van der Waals surface area contributed by atoms with Gasteiger partial charge < -0.3 is 15.5 Å². The molecule has 0 aliphatic heterocycles. The van der Waals surface area contributed by atoms with Crippen molar-refractivity contribution in [1.29, 1.82) is 0 Å². The number of aryl methyl sites for hydroxylation is 3. The lowest BCUT2D eigenvalue weighted by Gasteiger charge is -2.16. The fraction of sp³-hybridized carbons (Fsp3) is 0.474. The number of hydrogen-bond acceptors (Lipinski definition) is 5. The van der Waals surface area contributed by atoms with Crippen LogP contribution in [0.5, 0.6) is 0 Å². The summed E-state index contributed by atoms with van der Waals surface area (Å²) < 4.78 is 0. The Morgan fingerprint density at radius 3 is 2.21 bits per heavy atom. The Labute approximate surface area is 145 Å². The Morgan fingerprint density at radius 2 is 1.62 bits per heavy atom. The minimum absolute atomic E-state index is 0.763. The molecule has 2 aromatic rings. The Hall–Kier alpha value is -2.14. The molecule has 0 atom stereocenters. The summed E-state index contributed by atoms with van der Waals surface area (Å²) in [4.78, 5) is 11.2. The molecule has 1 aromatic carbocycles. The minimum Gasteiger partial charge on any atom is -0.369 e. The molecule has 24 heavy (non-hydrogen) atoms. The molecule has 0 amide bonds. The summed E-state index contributed by atoms with van der Waals surface area (Å²) in [7, 11) is 4.13. The van der Waals surface area contributed by atoms with E-state index in [1.165, 1.54) is 16.8 Å². The standard InChI is InChI=1S/C19H29N5/c1-6-15-9-8-10-16(7-2)19(15)23-18-13-17(21-14(3)22-18)20-11-12-24(4)5/h8-10,13H,6-7,11-12H2,1-5H3,(H2,20,21,22,23). The summed E-state index contributed by atoms with van der Waals surface area (Å²) >= 11 is 0. The van der Waals surface area contributed by atoms with Crippen molar-refractivity contribution in [1.82, 2.24) is 14.9 Å². The Balaban J connectivity index is 2.22. The average molecular weight is 327 g/mol. The molecule has 1 aromatic heterocycles. The summed E-state index contributed by atoms with van der Waals surface area (Å²) in [6, 6.07) is 8.45. The highest BCUT2D eigenvalue weighted by Gasteiger charge is 2.09. The zero-order valence-electron chi connectivity index (χ0n) is 15.5. The van der Waals surface area contributed by atoms with Gasteiger partial charge in [0.15, 0.2) is 0 Å². The zero-order chi connectivity index (χ0) is 17.5. The second kappa shape index (κ2) is 8.64. The fourth-order valence-electron chi connectivity index (χ4n) is 2.66. The molecule has 0 bridgehead atoms. The minimum atomic E-state index is 0.763. The fourth-order valence-corrected chi connectivity index (χ4v) is 2.66. The maximum absolute atomic E-state index is 4.55. The number of nitrogens with zero attached hydrogens (tertiary/aromatic N) is 3. The normalized spacial score (nSPS) is 10.9. The van der Waals surface area contributed by atoms with Crippen molar-refractivity contribution < 1.29 is 0 Å². The highest BCUT2D eigenvalue weighted by molar-refractivity contribution is 5.66. The first-order chi connectivity index (χ1) is 11.5. The van der Waals surface area contributed by atoms with Crippen LogP contribution in [0.4, 0.5) is 17.3 Å². The van der Waals surface area contributed by atoms with Crippen LogP contribution in [0.25, 0.3) is 0 Å². The first kappa shape index (κ1) is 18.2. The number of benzene rings is 1. The Kier molecular flexibility index (Phi) is 6.55. The van der Waals surface area contributed by atoms with Crippen molar-refractivity contribution in [2.24, 2.45) is 0 Å². The third kappa shape index (κ3) is 4.93. The van der Waals surface area contributed by atoms with E-state index in [0.29, 0.717) is 0 Å². The van der Waals surface area contributed by atoms with E-state index in [1.54, 1.807) is 0 Å². The van der Waals surface area contributed by atoms with Crippen molar-refractivity contribution in [3.05, 3.63) is 41.2 Å². The van der Waals surface area contributed by atoms with Gasteiger partial charge >= 0.3 is 0 Å². The van der Waals surface area contributed by atoms with E-state index in [-0.39, 0.29) is 0 Å². The predicted molar refractivity (Wildman–Crippen MR) is 102 cm³/mol. The van der Waals surface area contributed by atoms with Crippen molar-refractivity contribution in [2.75, 3.05) is 37.8 Å². The third-order valence-corrected chi connectivity index (χ3v) is 3.96. The average Bonchev–Trinajstić information content (AvgIpc) is 2.54. The van der Waals surface area contributed by atoms with Crippen molar-refractivity contribution >= 4 is 17.3 Å². The second-order valence-electron chi connectivity index (χ2n) is 6.20. The van der Waals surface area contributed by atoms with Crippen LogP contribution >= 0.6 is 0 Å². The van der Waals surface area contributed by atoms with Gasteiger partial charge in [-0.2, -0.15) is 0 Å². The first-order valence-corrected chi connectivity index (χ1v) is 8.65. The number of likely N-dealkylation sites (N-methyl/N-ethyl adjacent to an activating group) is 1. The smallest absolute Gasteiger partial charge is 0.136 e. The van der Waals surface area contributed by atoms with Gasteiger partial charge in [0.25, 0.3) is 0 Å². The van der Waals surface area contributed by atoms with Gasteiger partial charge in [-0.25, -0.2) is 9.97 Å². The molecule has 2 N–H and O–H groups in total. The molecular weight excluding hydrogens is 298 g/mol. The van der Waals surface area contributed by atoms with Crippen molar-refractivity contribution in [3.63, 3.8) is 0 Å². The number of nitrogens with one attached hydrogen (secondary N) is 2. The summed E-state index contributed by atoms with van der Waals surface area (Å²) in [5.41, 5.74) is 3.81. The molecule has 1 heterocycles. The highest BCUT2D eigenvalue weighted by Crippen LogP contribution is 2.26. The van der Waals surface area contributed by atoms with Gasteiger partial charge in [0.1, 0.15) is 17.5 Å². The maximum atomic E-state index is 4.55. The molecular formula is C19H29N5. The number of aromatic nitrogens is 2. The van der Waals surface area contributed by atoms with E-state index in [0.717, 1.165) is 43.4 Å². The SMILES string of the molecule is CCc1cccc(CC)c1Nc1cc(NCCN(C)C)nc(C)n1. The van der Waals surface area contributed by atoms with Crippen LogP contribution in [0.15, 0.2) is 24.3 Å². The zero-order valence-corrected chi connectivity index (χ0v) is 15.5. The first-order valence-electron chi connectivity index (χ1n) is 8.65. The van der Waals surface area contributed by atoms with E-state index in [2.05, 4.69) is 71.6 Å². The predicted octanol–water partition coefficient (Wildman–Crippen LogP) is 3.63. The maximum Gasteiger partial charge on any atom is 0.136 e. The molecule has 0 fully saturated rings. The summed E-state index contributed by atoms with van der Waals surface area (Å²) in [5, 5.41) is 6.89. The second-order valence-corrected chi connectivity index (χ2v) is 6.20.